The Balaban J connectivity index is 1.91. The van der Waals surface area contributed by atoms with E-state index in [2.05, 4.69) is 5.32 Å². The van der Waals surface area contributed by atoms with Crippen molar-refractivity contribution in [1.29, 1.82) is 0 Å². The standard InChI is InChI=1S/C12H18N2O4S/c1-8-11(19(13,16)17)7-10(18-8)12(15)14-6-2-3-9-4-5-9/h7,9H,2-6H2,1H3,(H,14,15)(H2,13,16,17). The monoisotopic (exact) mass is 286 g/mol. The molecule has 19 heavy (non-hydrogen) atoms. The van der Waals surface area contributed by atoms with E-state index < -0.39 is 15.9 Å². The predicted molar refractivity (Wildman–Crippen MR) is 69.1 cm³/mol. The van der Waals surface area contributed by atoms with Gasteiger partial charge in [0.05, 0.1) is 0 Å². The van der Waals surface area contributed by atoms with E-state index >= 15 is 0 Å². The Hall–Kier alpha value is -1.34. The molecule has 6 nitrogen and oxygen atoms in total. The Morgan fingerprint density at radius 3 is 2.74 bits per heavy atom. The van der Waals surface area contributed by atoms with E-state index in [0.29, 0.717) is 6.54 Å². The number of carbonyl (C=O) groups is 1. The van der Waals surface area contributed by atoms with Gasteiger partial charge in [-0.3, -0.25) is 4.79 Å². The van der Waals surface area contributed by atoms with Gasteiger partial charge in [0.1, 0.15) is 10.7 Å². The molecule has 0 saturated heterocycles. The van der Waals surface area contributed by atoms with E-state index in [1.165, 1.54) is 25.8 Å². The van der Waals surface area contributed by atoms with Crippen LogP contribution in [0.4, 0.5) is 0 Å². The lowest BCUT2D eigenvalue weighted by Crippen LogP contribution is -2.24. The Labute approximate surface area is 112 Å². The van der Waals surface area contributed by atoms with Crippen LogP contribution in [0.2, 0.25) is 0 Å². The highest BCUT2D eigenvalue weighted by molar-refractivity contribution is 7.89. The van der Waals surface area contributed by atoms with Crippen LogP contribution in [0.25, 0.3) is 0 Å². The molecule has 1 saturated carbocycles. The molecular formula is C12H18N2O4S. The van der Waals surface area contributed by atoms with E-state index in [0.717, 1.165) is 18.8 Å². The maximum atomic E-state index is 11.8. The minimum Gasteiger partial charge on any atom is -0.455 e. The highest BCUT2D eigenvalue weighted by atomic mass is 32.2. The Morgan fingerprint density at radius 2 is 2.21 bits per heavy atom. The zero-order chi connectivity index (χ0) is 14.0. The summed E-state index contributed by atoms with van der Waals surface area (Å²) in [6.45, 7) is 2.03. The van der Waals surface area contributed by atoms with Crippen molar-refractivity contribution in [2.75, 3.05) is 6.54 Å². The first-order chi connectivity index (χ1) is 8.88. The molecule has 0 spiro atoms. The van der Waals surface area contributed by atoms with Gasteiger partial charge in [0.25, 0.3) is 5.91 Å². The Morgan fingerprint density at radius 1 is 1.53 bits per heavy atom. The van der Waals surface area contributed by atoms with Gasteiger partial charge < -0.3 is 9.73 Å². The van der Waals surface area contributed by atoms with Crippen LogP contribution in [0, 0.1) is 12.8 Å². The lowest BCUT2D eigenvalue weighted by molar-refractivity contribution is 0.0924. The van der Waals surface area contributed by atoms with Crippen LogP contribution in [-0.2, 0) is 10.0 Å². The fraction of sp³-hybridized carbons (Fsp3) is 0.583. The molecule has 1 heterocycles. The number of nitrogens with two attached hydrogens (primary N) is 1. The van der Waals surface area contributed by atoms with Gasteiger partial charge in [0.15, 0.2) is 5.76 Å². The summed E-state index contributed by atoms with van der Waals surface area (Å²) in [7, 11) is -3.85. The molecule has 0 atom stereocenters. The Bertz CT molecular complexity index is 573. The van der Waals surface area contributed by atoms with Gasteiger partial charge in [-0.2, -0.15) is 0 Å². The van der Waals surface area contributed by atoms with Gasteiger partial charge in [0.2, 0.25) is 10.0 Å². The zero-order valence-electron chi connectivity index (χ0n) is 10.8. The average molecular weight is 286 g/mol. The number of furan rings is 1. The number of carbonyl (C=O) groups excluding carboxylic acids is 1. The number of hydrogen-bond acceptors (Lipinski definition) is 4. The van der Waals surface area contributed by atoms with Crippen molar-refractivity contribution in [2.45, 2.75) is 37.5 Å². The molecule has 0 aliphatic heterocycles. The van der Waals surface area contributed by atoms with Crippen LogP contribution in [0.5, 0.6) is 0 Å². The molecule has 106 valence electrons. The largest absolute Gasteiger partial charge is 0.455 e. The fourth-order valence-corrected chi connectivity index (χ4v) is 2.66. The number of rotatable bonds is 6. The lowest BCUT2D eigenvalue weighted by atomic mass is 10.2. The minimum absolute atomic E-state index is 0.0204. The number of aryl methyl sites for hydroxylation is 1. The molecular weight excluding hydrogens is 268 g/mol. The second-order valence-electron chi connectivity index (χ2n) is 4.92. The number of amides is 1. The summed E-state index contributed by atoms with van der Waals surface area (Å²) in [5.41, 5.74) is 0. The van der Waals surface area contributed by atoms with E-state index in [1.54, 1.807) is 0 Å². The van der Waals surface area contributed by atoms with Gasteiger partial charge in [-0.25, -0.2) is 13.6 Å². The smallest absolute Gasteiger partial charge is 0.287 e. The minimum atomic E-state index is -3.85. The third kappa shape index (κ3) is 3.81. The molecule has 1 aliphatic carbocycles. The molecule has 1 amide bonds. The van der Waals surface area contributed by atoms with Crippen LogP contribution in [-0.4, -0.2) is 20.9 Å². The summed E-state index contributed by atoms with van der Waals surface area (Å²) in [5.74, 6) is 0.532. The van der Waals surface area contributed by atoms with Crippen LogP contribution in [0.15, 0.2) is 15.4 Å². The van der Waals surface area contributed by atoms with Gasteiger partial charge >= 0.3 is 0 Å². The van der Waals surface area contributed by atoms with E-state index in [4.69, 9.17) is 9.56 Å². The third-order valence-corrected chi connectivity index (χ3v) is 4.19. The number of sulfonamides is 1. The normalized spacial score (nSPS) is 15.5. The van der Waals surface area contributed by atoms with E-state index in [9.17, 15) is 13.2 Å². The van der Waals surface area contributed by atoms with Crippen LogP contribution in [0.1, 0.15) is 42.0 Å². The molecule has 1 fully saturated rings. The molecule has 2 rings (SSSR count). The van der Waals surface area contributed by atoms with Crippen LogP contribution >= 0.6 is 0 Å². The molecule has 3 N–H and O–H groups in total. The van der Waals surface area contributed by atoms with Crippen molar-refractivity contribution >= 4 is 15.9 Å². The summed E-state index contributed by atoms with van der Waals surface area (Å²) in [6, 6.07) is 1.17. The number of nitrogens with one attached hydrogen (secondary N) is 1. The summed E-state index contributed by atoms with van der Waals surface area (Å²) in [5, 5.41) is 7.72. The summed E-state index contributed by atoms with van der Waals surface area (Å²) >= 11 is 0. The summed E-state index contributed by atoms with van der Waals surface area (Å²) < 4.78 is 27.6. The second-order valence-corrected chi connectivity index (χ2v) is 6.45. The van der Waals surface area contributed by atoms with Crippen molar-refractivity contribution in [3.8, 4) is 0 Å². The van der Waals surface area contributed by atoms with Gasteiger partial charge in [-0.1, -0.05) is 12.8 Å². The second kappa shape index (κ2) is 5.34. The maximum Gasteiger partial charge on any atom is 0.287 e. The van der Waals surface area contributed by atoms with Crippen molar-refractivity contribution < 1.29 is 17.6 Å². The molecule has 1 aromatic rings. The first-order valence-corrected chi connectivity index (χ1v) is 7.84. The highest BCUT2D eigenvalue weighted by Crippen LogP contribution is 2.33. The van der Waals surface area contributed by atoms with Gasteiger partial charge in [-0.15, -0.1) is 0 Å². The quantitative estimate of drug-likeness (QED) is 0.766. The first-order valence-electron chi connectivity index (χ1n) is 6.29. The topological polar surface area (TPSA) is 102 Å². The van der Waals surface area contributed by atoms with Gasteiger partial charge in [-0.05, 0) is 25.7 Å². The molecule has 0 bridgehead atoms. The zero-order valence-corrected chi connectivity index (χ0v) is 11.6. The summed E-state index contributed by atoms with van der Waals surface area (Å²) in [6.07, 6.45) is 4.64. The van der Waals surface area contributed by atoms with E-state index in [-0.39, 0.29) is 16.4 Å². The van der Waals surface area contributed by atoms with Crippen molar-refractivity contribution in [3.63, 3.8) is 0 Å². The molecule has 0 aromatic carbocycles. The lowest BCUT2D eigenvalue weighted by Gasteiger charge is -2.01. The maximum absolute atomic E-state index is 11.8. The van der Waals surface area contributed by atoms with E-state index in [1.807, 2.05) is 0 Å². The van der Waals surface area contributed by atoms with Crippen molar-refractivity contribution in [2.24, 2.45) is 11.1 Å². The average Bonchev–Trinajstić information content (AvgIpc) is 3.04. The van der Waals surface area contributed by atoms with Crippen LogP contribution < -0.4 is 10.5 Å². The highest BCUT2D eigenvalue weighted by Gasteiger charge is 2.22. The fourth-order valence-electron chi connectivity index (χ4n) is 1.95. The predicted octanol–water partition coefficient (Wildman–Crippen LogP) is 1.16. The molecule has 1 aromatic heterocycles. The van der Waals surface area contributed by atoms with Crippen molar-refractivity contribution in [3.05, 3.63) is 17.6 Å². The molecule has 1 aliphatic rings. The number of primary sulfonamides is 1. The van der Waals surface area contributed by atoms with Crippen molar-refractivity contribution in [1.82, 2.24) is 5.32 Å². The molecule has 0 radical (unpaired) electrons. The first kappa shape index (κ1) is 14.1. The SMILES string of the molecule is Cc1oc(C(=O)NCCCC2CC2)cc1S(N)(=O)=O. The summed E-state index contributed by atoms with van der Waals surface area (Å²) in [4.78, 5) is 11.6. The molecule has 0 unspecified atom stereocenters. The Kier molecular flexibility index (Phi) is 3.96. The number of hydrogen-bond donors (Lipinski definition) is 2. The van der Waals surface area contributed by atoms with Crippen LogP contribution in [0.3, 0.4) is 0 Å². The van der Waals surface area contributed by atoms with Gasteiger partial charge in [0, 0.05) is 12.6 Å². The third-order valence-electron chi connectivity index (χ3n) is 3.17. The molecule has 7 heteroatoms.